The number of amides is 1. The number of benzene rings is 1. The van der Waals surface area contributed by atoms with Crippen LogP contribution in [-0.2, 0) is 14.6 Å². The molecule has 0 aliphatic carbocycles. The molecule has 10 heteroatoms. The van der Waals surface area contributed by atoms with Crippen molar-refractivity contribution in [2.75, 3.05) is 17.3 Å². The van der Waals surface area contributed by atoms with E-state index in [0.717, 1.165) is 17.5 Å². The molecule has 4 rings (SSSR count). The SMILES string of the molecule is Cc1cccc(-n2c(SCC(=O)NC3(C)CCS(=O)(=O)C3)nc3ccccc3c2=O)n1. The molecule has 1 aliphatic rings. The number of sulfone groups is 1. The number of aryl methyl sites for hydroxylation is 1. The lowest BCUT2D eigenvalue weighted by Crippen LogP contribution is -2.47. The first-order chi connectivity index (χ1) is 14.7. The highest BCUT2D eigenvalue weighted by Crippen LogP contribution is 2.24. The smallest absolute Gasteiger partial charge is 0.267 e. The van der Waals surface area contributed by atoms with E-state index in [1.54, 1.807) is 37.3 Å². The Morgan fingerprint density at radius 2 is 1.97 bits per heavy atom. The number of para-hydroxylation sites is 1. The van der Waals surface area contributed by atoms with Gasteiger partial charge in [-0.05, 0) is 44.5 Å². The Hall–Kier alpha value is -2.72. The van der Waals surface area contributed by atoms with Crippen molar-refractivity contribution in [1.82, 2.24) is 19.9 Å². The van der Waals surface area contributed by atoms with E-state index in [-0.39, 0.29) is 28.7 Å². The largest absolute Gasteiger partial charge is 0.349 e. The highest BCUT2D eigenvalue weighted by Gasteiger charge is 2.39. The number of hydrogen-bond donors (Lipinski definition) is 1. The van der Waals surface area contributed by atoms with Gasteiger partial charge >= 0.3 is 0 Å². The number of carbonyl (C=O) groups is 1. The molecule has 1 saturated heterocycles. The molecule has 31 heavy (non-hydrogen) atoms. The van der Waals surface area contributed by atoms with Gasteiger partial charge in [0.2, 0.25) is 5.91 Å². The first-order valence-corrected chi connectivity index (χ1v) is 12.6. The summed E-state index contributed by atoms with van der Waals surface area (Å²) < 4.78 is 25.0. The van der Waals surface area contributed by atoms with Gasteiger partial charge in [0.15, 0.2) is 15.0 Å². The van der Waals surface area contributed by atoms with E-state index in [2.05, 4.69) is 15.3 Å². The van der Waals surface area contributed by atoms with Crippen molar-refractivity contribution in [3.8, 4) is 5.82 Å². The molecule has 0 bridgehead atoms. The summed E-state index contributed by atoms with van der Waals surface area (Å²) in [5.41, 5.74) is 0.251. The van der Waals surface area contributed by atoms with Crippen molar-refractivity contribution in [2.24, 2.45) is 0 Å². The van der Waals surface area contributed by atoms with Crippen LogP contribution in [0.2, 0.25) is 0 Å². The summed E-state index contributed by atoms with van der Waals surface area (Å²) in [5, 5.41) is 3.64. The maximum absolute atomic E-state index is 13.2. The van der Waals surface area contributed by atoms with Gasteiger partial charge in [0, 0.05) is 5.69 Å². The Bertz CT molecular complexity index is 1340. The topological polar surface area (TPSA) is 111 Å². The molecular weight excluding hydrogens is 436 g/mol. The summed E-state index contributed by atoms with van der Waals surface area (Å²) in [6.07, 6.45) is 0.387. The van der Waals surface area contributed by atoms with Crippen LogP contribution in [0.4, 0.5) is 0 Å². The fourth-order valence-corrected chi connectivity index (χ4v) is 6.57. The Morgan fingerprint density at radius 3 is 2.68 bits per heavy atom. The zero-order chi connectivity index (χ0) is 22.2. The van der Waals surface area contributed by atoms with Gasteiger partial charge in [-0.1, -0.05) is 30.0 Å². The second kappa shape index (κ2) is 8.08. The average Bonchev–Trinajstić information content (AvgIpc) is 2.99. The quantitative estimate of drug-likeness (QED) is 0.459. The van der Waals surface area contributed by atoms with Crippen LogP contribution in [0.5, 0.6) is 0 Å². The normalized spacial score (nSPS) is 20.1. The number of thioether (sulfide) groups is 1. The molecule has 1 aromatic carbocycles. The van der Waals surface area contributed by atoms with Crippen LogP contribution in [0.25, 0.3) is 16.7 Å². The summed E-state index contributed by atoms with van der Waals surface area (Å²) in [6, 6.07) is 12.4. The van der Waals surface area contributed by atoms with Gasteiger partial charge in [0.05, 0.1) is 33.7 Å². The lowest BCUT2D eigenvalue weighted by Gasteiger charge is -2.23. The van der Waals surface area contributed by atoms with E-state index in [1.165, 1.54) is 4.57 Å². The first kappa shape index (κ1) is 21.5. The molecule has 1 fully saturated rings. The summed E-state index contributed by atoms with van der Waals surface area (Å²) in [5.74, 6) is 0.118. The maximum atomic E-state index is 13.2. The van der Waals surface area contributed by atoms with Gasteiger partial charge in [-0.25, -0.2) is 23.0 Å². The van der Waals surface area contributed by atoms with Crippen molar-refractivity contribution in [3.05, 3.63) is 58.5 Å². The third kappa shape index (κ3) is 4.64. The van der Waals surface area contributed by atoms with Crippen LogP contribution in [0.3, 0.4) is 0 Å². The summed E-state index contributed by atoms with van der Waals surface area (Å²) >= 11 is 1.12. The van der Waals surface area contributed by atoms with Crippen LogP contribution in [0, 0.1) is 6.92 Å². The van der Waals surface area contributed by atoms with Crippen LogP contribution in [0.15, 0.2) is 52.4 Å². The molecule has 0 saturated carbocycles. The van der Waals surface area contributed by atoms with Gasteiger partial charge < -0.3 is 5.32 Å². The van der Waals surface area contributed by atoms with Crippen molar-refractivity contribution < 1.29 is 13.2 Å². The van der Waals surface area contributed by atoms with E-state index in [1.807, 2.05) is 19.1 Å². The van der Waals surface area contributed by atoms with Crippen LogP contribution in [-0.4, -0.2) is 51.7 Å². The maximum Gasteiger partial charge on any atom is 0.267 e. The molecule has 1 N–H and O–H groups in total. The Kier molecular flexibility index (Phi) is 5.61. The zero-order valence-electron chi connectivity index (χ0n) is 17.2. The van der Waals surface area contributed by atoms with Crippen LogP contribution < -0.4 is 10.9 Å². The van der Waals surface area contributed by atoms with E-state index in [4.69, 9.17) is 0 Å². The average molecular weight is 459 g/mol. The van der Waals surface area contributed by atoms with Gasteiger partial charge in [0.25, 0.3) is 5.56 Å². The molecule has 162 valence electrons. The monoisotopic (exact) mass is 458 g/mol. The van der Waals surface area contributed by atoms with Crippen LogP contribution >= 0.6 is 11.8 Å². The van der Waals surface area contributed by atoms with Crippen molar-refractivity contribution >= 4 is 38.4 Å². The molecule has 0 radical (unpaired) electrons. The lowest BCUT2D eigenvalue weighted by molar-refractivity contribution is -0.120. The lowest BCUT2D eigenvalue weighted by atomic mass is 10.0. The second-order valence-corrected chi connectivity index (χ2v) is 11.1. The minimum Gasteiger partial charge on any atom is -0.349 e. The Balaban J connectivity index is 1.65. The van der Waals surface area contributed by atoms with Gasteiger partial charge in [-0.3, -0.25) is 9.59 Å². The molecule has 3 aromatic rings. The summed E-state index contributed by atoms with van der Waals surface area (Å²) in [7, 11) is -3.13. The molecule has 2 aromatic heterocycles. The van der Waals surface area contributed by atoms with E-state index in [9.17, 15) is 18.0 Å². The number of rotatable bonds is 5. The molecule has 1 amide bonds. The number of nitrogens with zero attached hydrogens (tertiary/aromatic N) is 3. The van der Waals surface area contributed by atoms with Gasteiger partial charge in [-0.15, -0.1) is 0 Å². The Morgan fingerprint density at radius 1 is 1.19 bits per heavy atom. The predicted molar refractivity (Wildman–Crippen MR) is 120 cm³/mol. The molecular formula is C21H22N4O4S2. The molecule has 1 unspecified atom stereocenters. The second-order valence-electron chi connectivity index (χ2n) is 7.93. The number of aromatic nitrogens is 3. The number of fused-ring (bicyclic) bond motifs is 1. The van der Waals surface area contributed by atoms with E-state index >= 15 is 0 Å². The fourth-order valence-electron chi connectivity index (χ4n) is 3.68. The van der Waals surface area contributed by atoms with Crippen molar-refractivity contribution in [1.29, 1.82) is 0 Å². The fraction of sp³-hybridized carbons (Fsp3) is 0.333. The molecule has 1 aliphatic heterocycles. The molecule has 1 atom stereocenters. The Labute approximate surface area is 184 Å². The third-order valence-electron chi connectivity index (χ3n) is 5.12. The summed E-state index contributed by atoms with van der Waals surface area (Å²) in [4.78, 5) is 34.8. The molecule has 8 nitrogen and oxygen atoms in total. The summed E-state index contributed by atoms with van der Waals surface area (Å²) in [6.45, 7) is 3.57. The minimum atomic E-state index is -3.13. The molecule has 0 spiro atoms. The minimum absolute atomic E-state index is 0.00770. The molecule has 3 heterocycles. The van der Waals surface area contributed by atoms with E-state index < -0.39 is 15.4 Å². The van der Waals surface area contributed by atoms with Gasteiger partial charge in [0.1, 0.15) is 5.82 Å². The zero-order valence-corrected chi connectivity index (χ0v) is 18.8. The van der Waals surface area contributed by atoms with E-state index in [0.29, 0.717) is 28.3 Å². The number of pyridine rings is 1. The first-order valence-electron chi connectivity index (χ1n) is 9.76. The predicted octanol–water partition coefficient (Wildman–Crippen LogP) is 1.87. The highest BCUT2D eigenvalue weighted by molar-refractivity contribution is 7.99. The number of hydrogen-bond acceptors (Lipinski definition) is 7. The standard InChI is InChI=1S/C21H22N4O4S2/c1-14-6-5-9-17(22-14)25-19(27)15-7-3-4-8-16(15)23-20(25)30-12-18(26)24-21(2)10-11-31(28,29)13-21/h3-9H,10-13H2,1-2H3,(H,24,26). The van der Waals surface area contributed by atoms with Crippen LogP contribution in [0.1, 0.15) is 19.0 Å². The third-order valence-corrected chi connectivity index (χ3v) is 7.97. The van der Waals surface area contributed by atoms with Crippen molar-refractivity contribution in [2.45, 2.75) is 31.0 Å². The highest BCUT2D eigenvalue weighted by atomic mass is 32.2. The van der Waals surface area contributed by atoms with Crippen molar-refractivity contribution in [3.63, 3.8) is 0 Å². The number of carbonyl (C=O) groups excluding carboxylic acids is 1. The number of nitrogens with one attached hydrogen (secondary N) is 1. The van der Waals surface area contributed by atoms with Gasteiger partial charge in [-0.2, -0.15) is 0 Å².